The average Bonchev–Trinajstić information content (AvgIpc) is 2.96. The molecule has 8 nitrogen and oxygen atoms in total. The Bertz CT molecular complexity index is 1480. The fourth-order valence-corrected chi connectivity index (χ4v) is 7.83. The molecule has 2 saturated heterocycles. The molecule has 0 bridgehead atoms. The first-order valence-corrected chi connectivity index (χ1v) is 16.0. The molecule has 214 valence electrons. The number of likely N-dealkylation sites (tertiary alicyclic amines) is 1. The molecular formula is C31H40N4O4S. The summed E-state index contributed by atoms with van der Waals surface area (Å²) in [5, 5.41) is 3.38. The molecule has 3 heterocycles. The third-order valence-electron chi connectivity index (χ3n) is 8.42. The highest BCUT2D eigenvalue weighted by atomic mass is 32.2. The number of nitrogens with zero attached hydrogens (tertiary/aromatic N) is 2. The molecule has 2 aromatic carbocycles. The van der Waals surface area contributed by atoms with E-state index < -0.39 is 15.6 Å². The van der Waals surface area contributed by atoms with E-state index in [9.17, 15) is 18.0 Å². The number of nitrogens with one attached hydrogen (secondary N) is 2. The van der Waals surface area contributed by atoms with Gasteiger partial charge in [-0.3, -0.25) is 9.59 Å². The summed E-state index contributed by atoms with van der Waals surface area (Å²) < 4.78 is 28.4. The summed E-state index contributed by atoms with van der Waals surface area (Å²) in [6.07, 6.45) is 6.99. The van der Waals surface area contributed by atoms with Crippen LogP contribution in [0, 0.1) is 5.92 Å². The van der Waals surface area contributed by atoms with Crippen LogP contribution in [0.15, 0.2) is 64.3 Å². The highest BCUT2D eigenvalue weighted by Gasteiger charge is 2.31. The summed E-state index contributed by atoms with van der Waals surface area (Å²) in [4.78, 5) is 30.8. The number of hydrogen-bond acceptors (Lipinski definition) is 5. The second-order valence-corrected chi connectivity index (χ2v) is 13.2. The normalized spacial score (nSPS) is 19.6. The van der Waals surface area contributed by atoms with Crippen LogP contribution >= 0.6 is 0 Å². The molecule has 2 fully saturated rings. The lowest BCUT2D eigenvalue weighted by atomic mass is 9.90. The SMILES string of the molecule is CC1CCCCN1S(=O)(=O)c1ccc2[nH]c(=O)cc(C(=O)NCCCN3CCC(Cc4ccccc4)CC3)c2c1. The van der Waals surface area contributed by atoms with Crippen LogP contribution in [-0.4, -0.2) is 67.3 Å². The van der Waals surface area contributed by atoms with Crippen molar-refractivity contribution in [1.29, 1.82) is 0 Å². The van der Waals surface area contributed by atoms with E-state index in [0.717, 1.165) is 57.7 Å². The minimum atomic E-state index is -3.71. The second kappa shape index (κ2) is 12.7. The van der Waals surface area contributed by atoms with Crippen LogP contribution in [0.2, 0.25) is 0 Å². The monoisotopic (exact) mass is 564 g/mol. The van der Waals surface area contributed by atoms with E-state index in [1.807, 2.05) is 6.92 Å². The Labute approximate surface area is 236 Å². The number of aromatic nitrogens is 1. The quantitative estimate of drug-likeness (QED) is 0.380. The van der Waals surface area contributed by atoms with Gasteiger partial charge in [0.1, 0.15) is 0 Å². The summed E-state index contributed by atoms with van der Waals surface area (Å²) >= 11 is 0. The number of amides is 1. The number of aromatic amines is 1. The van der Waals surface area contributed by atoms with E-state index in [1.165, 1.54) is 36.6 Å². The molecule has 0 saturated carbocycles. The summed E-state index contributed by atoms with van der Waals surface area (Å²) in [5.41, 5.74) is 1.66. The highest BCUT2D eigenvalue weighted by Crippen LogP contribution is 2.28. The van der Waals surface area contributed by atoms with E-state index in [-0.39, 0.29) is 22.4 Å². The smallest absolute Gasteiger partial charge is 0.252 e. The predicted molar refractivity (Wildman–Crippen MR) is 158 cm³/mol. The third kappa shape index (κ3) is 6.65. The molecule has 0 radical (unpaired) electrons. The molecule has 0 spiro atoms. The lowest BCUT2D eigenvalue weighted by Gasteiger charge is -2.32. The van der Waals surface area contributed by atoms with Crippen LogP contribution in [0.4, 0.5) is 0 Å². The molecule has 5 rings (SSSR count). The lowest BCUT2D eigenvalue weighted by molar-refractivity contribution is 0.0952. The number of carbonyl (C=O) groups is 1. The van der Waals surface area contributed by atoms with Crippen molar-refractivity contribution >= 4 is 26.8 Å². The fraction of sp³-hybridized carbons (Fsp3) is 0.484. The van der Waals surface area contributed by atoms with Gasteiger partial charge < -0.3 is 15.2 Å². The van der Waals surface area contributed by atoms with Crippen LogP contribution < -0.4 is 10.9 Å². The van der Waals surface area contributed by atoms with Crippen molar-refractivity contribution in [2.75, 3.05) is 32.7 Å². The maximum absolute atomic E-state index is 13.4. The number of carbonyl (C=O) groups excluding carboxylic acids is 1. The number of H-pyrrole nitrogens is 1. The molecule has 1 amide bonds. The van der Waals surface area contributed by atoms with Crippen LogP contribution in [0.25, 0.3) is 10.9 Å². The number of hydrogen-bond donors (Lipinski definition) is 2. The van der Waals surface area contributed by atoms with Crippen LogP contribution in [0.3, 0.4) is 0 Å². The Morgan fingerprint density at radius 1 is 1.00 bits per heavy atom. The number of benzene rings is 2. The van der Waals surface area contributed by atoms with E-state index in [2.05, 4.69) is 45.5 Å². The van der Waals surface area contributed by atoms with Crippen molar-refractivity contribution in [3.63, 3.8) is 0 Å². The van der Waals surface area contributed by atoms with Gasteiger partial charge in [-0.25, -0.2) is 8.42 Å². The number of pyridine rings is 1. The third-order valence-corrected chi connectivity index (χ3v) is 10.4. The zero-order valence-electron chi connectivity index (χ0n) is 23.3. The van der Waals surface area contributed by atoms with E-state index in [0.29, 0.717) is 24.0 Å². The molecule has 2 aliphatic rings. The molecule has 3 aromatic rings. The van der Waals surface area contributed by atoms with Crippen molar-refractivity contribution in [2.24, 2.45) is 5.92 Å². The number of sulfonamides is 1. The van der Waals surface area contributed by atoms with Gasteiger partial charge >= 0.3 is 0 Å². The highest BCUT2D eigenvalue weighted by molar-refractivity contribution is 7.89. The van der Waals surface area contributed by atoms with Crippen molar-refractivity contribution < 1.29 is 13.2 Å². The van der Waals surface area contributed by atoms with Gasteiger partial charge in [0.2, 0.25) is 15.6 Å². The van der Waals surface area contributed by atoms with E-state index >= 15 is 0 Å². The standard InChI is InChI=1S/C31H40N4O4S/c1-23-8-5-6-17-35(23)40(38,39)26-11-12-29-27(21-26)28(22-30(36)33-29)31(37)32-15-7-16-34-18-13-25(14-19-34)20-24-9-3-2-4-10-24/h2-4,9-12,21-23,25H,5-8,13-20H2,1H3,(H,32,37)(H,33,36). The van der Waals surface area contributed by atoms with E-state index in [1.54, 1.807) is 10.4 Å². The topological polar surface area (TPSA) is 103 Å². The number of fused-ring (bicyclic) bond motifs is 1. The first-order valence-electron chi connectivity index (χ1n) is 14.5. The van der Waals surface area contributed by atoms with Crippen molar-refractivity contribution in [2.45, 2.75) is 62.8 Å². The van der Waals surface area contributed by atoms with Gasteiger partial charge in [-0.05, 0) is 94.8 Å². The van der Waals surface area contributed by atoms with Gasteiger partial charge in [0.25, 0.3) is 5.91 Å². The molecule has 0 aliphatic carbocycles. The Morgan fingerprint density at radius 3 is 2.52 bits per heavy atom. The van der Waals surface area contributed by atoms with Crippen molar-refractivity contribution in [3.05, 3.63) is 76.1 Å². The van der Waals surface area contributed by atoms with Gasteiger partial charge in [0.15, 0.2) is 0 Å². The van der Waals surface area contributed by atoms with Gasteiger partial charge in [0.05, 0.1) is 10.5 Å². The fourth-order valence-electron chi connectivity index (χ4n) is 6.11. The molecule has 1 unspecified atom stereocenters. The Balaban J connectivity index is 1.18. The van der Waals surface area contributed by atoms with Crippen LogP contribution in [0.1, 0.15) is 61.4 Å². The molecular weight excluding hydrogens is 524 g/mol. The molecule has 1 atom stereocenters. The number of rotatable bonds is 9. The minimum absolute atomic E-state index is 0.0672. The maximum Gasteiger partial charge on any atom is 0.252 e. The molecule has 40 heavy (non-hydrogen) atoms. The summed E-state index contributed by atoms with van der Waals surface area (Å²) in [6, 6.07) is 16.5. The van der Waals surface area contributed by atoms with Crippen LogP contribution in [0.5, 0.6) is 0 Å². The van der Waals surface area contributed by atoms with Gasteiger partial charge in [-0.1, -0.05) is 36.8 Å². The maximum atomic E-state index is 13.4. The van der Waals surface area contributed by atoms with Crippen LogP contribution in [-0.2, 0) is 16.4 Å². The van der Waals surface area contributed by atoms with Gasteiger partial charge in [-0.15, -0.1) is 0 Å². The zero-order valence-corrected chi connectivity index (χ0v) is 24.1. The Morgan fingerprint density at radius 2 is 1.77 bits per heavy atom. The minimum Gasteiger partial charge on any atom is -0.352 e. The molecule has 2 aliphatic heterocycles. The second-order valence-electron chi connectivity index (χ2n) is 11.3. The van der Waals surface area contributed by atoms with E-state index in [4.69, 9.17) is 0 Å². The first kappa shape index (κ1) is 28.5. The molecule has 1 aromatic heterocycles. The first-order chi connectivity index (χ1) is 19.3. The summed E-state index contributed by atoms with van der Waals surface area (Å²) in [6.45, 7) is 5.95. The zero-order chi connectivity index (χ0) is 28.1. The van der Waals surface area contributed by atoms with Crippen molar-refractivity contribution in [1.82, 2.24) is 19.5 Å². The predicted octanol–water partition coefficient (Wildman–Crippen LogP) is 4.17. The van der Waals surface area contributed by atoms with Gasteiger partial charge in [-0.2, -0.15) is 4.31 Å². The number of piperidine rings is 2. The lowest BCUT2D eigenvalue weighted by Crippen LogP contribution is -2.41. The largest absolute Gasteiger partial charge is 0.352 e. The van der Waals surface area contributed by atoms with Crippen molar-refractivity contribution in [3.8, 4) is 0 Å². The average molecular weight is 565 g/mol. The Hall–Kier alpha value is -3.01. The Kier molecular flexibility index (Phi) is 9.03. The summed E-state index contributed by atoms with van der Waals surface area (Å²) in [5.74, 6) is 0.355. The van der Waals surface area contributed by atoms with Gasteiger partial charge in [0, 0.05) is 36.1 Å². The summed E-state index contributed by atoms with van der Waals surface area (Å²) in [7, 11) is -3.71. The molecule has 2 N–H and O–H groups in total. The molecule has 9 heteroatoms.